The van der Waals surface area contributed by atoms with Crippen LogP contribution < -0.4 is 5.32 Å². The molecule has 2 aromatic rings. The van der Waals surface area contributed by atoms with Crippen molar-refractivity contribution in [1.82, 2.24) is 24.9 Å². The van der Waals surface area contributed by atoms with E-state index in [4.69, 9.17) is 11.6 Å². The highest BCUT2D eigenvalue weighted by molar-refractivity contribution is 9.10. The van der Waals surface area contributed by atoms with Crippen LogP contribution in [-0.2, 0) is 16.9 Å². The summed E-state index contributed by atoms with van der Waals surface area (Å²) in [5.41, 5.74) is 0.293. The average Bonchev–Trinajstić information content (AvgIpc) is 3.24. The number of carbonyl (C=O) groups is 1. The van der Waals surface area contributed by atoms with Gasteiger partial charge in [0.25, 0.3) is 0 Å². The molecule has 0 saturated heterocycles. The summed E-state index contributed by atoms with van der Waals surface area (Å²) in [6.45, 7) is 2.96. The molecule has 4 fully saturated rings. The molecule has 172 valence electrons. The predicted octanol–water partition coefficient (Wildman–Crippen LogP) is 4.21. The molecule has 9 nitrogen and oxygen atoms in total. The molecule has 0 aromatic carbocycles. The zero-order valence-corrected chi connectivity index (χ0v) is 20.2. The van der Waals surface area contributed by atoms with E-state index in [1.807, 2.05) is 17.8 Å². The number of nitrogens with zero attached hydrogens (tertiary/aromatic N) is 5. The quantitative estimate of drug-likeness (QED) is 0.430. The summed E-state index contributed by atoms with van der Waals surface area (Å²) < 4.78 is 4.55. The predicted molar refractivity (Wildman–Crippen MR) is 121 cm³/mol. The van der Waals surface area contributed by atoms with E-state index in [0.29, 0.717) is 37.0 Å². The summed E-state index contributed by atoms with van der Waals surface area (Å²) in [6.07, 6.45) is 10.1. The van der Waals surface area contributed by atoms with Gasteiger partial charge < -0.3 is 15.4 Å². The summed E-state index contributed by atoms with van der Waals surface area (Å²) in [5, 5.41) is 23.2. The van der Waals surface area contributed by atoms with Gasteiger partial charge in [-0.3, -0.25) is 9.48 Å². The van der Waals surface area contributed by atoms with Gasteiger partial charge in [0.15, 0.2) is 5.02 Å². The molecular formula is C21H26BrClN6O3. The summed E-state index contributed by atoms with van der Waals surface area (Å²) >= 11 is 9.65. The first kappa shape index (κ1) is 21.9. The topological polar surface area (TPSA) is 108 Å². The van der Waals surface area contributed by atoms with E-state index < -0.39 is 4.92 Å². The summed E-state index contributed by atoms with van der Waals surface area (Å²) in [5.74, 6) is 0.838. The lowest BCUT2D eigenvalue weighted by atomic mass is 9.46. The second-order valence-electron chi connectivity index (χ2n) is 10.0. The number of hydrogen-bond donors (Lipinski definition) is 1. The zero-order valence-electron chi connectivity index (χ0n) is 17.9. The molecule has 11 heteroatoms. The lowest BCUT2D eigenvalue weighted by molar-refractivity contribution is -0.389. The van der Waals surface area contributed by atoms with Crippen molar-refractivity contribution in [2.45, 2.75) is 64.0 Å². The Balaban J connectivity index is 1.33. The molecule has 2 aromatic heterocycles. The fourth-order valence-corrected chi connectivity index (χ4v) is 7.59. The number of nitrogens with one attached hydrogen (secondary N) is 1. The number of amides is 1. The normalized spacial score (nSPS) is 30.6. The van der Waals surface area contributed by atoms with Crippen LogP contribution in [0.15, 0.2) is 16.9 Å². The van der Waals surface area contributed by atoms with Gasteiger partial charge in [-0.05, 0) is 83.6 Å². The van der Waals surface area contributed by atoms with Crippen molar-refractivity contribution >= 4 is 39.3 Å². The molecule has 4 aliphatic rings. The maximum absolute atomic E-state index is 12.9. The van der Waals surface area contributed by atoms with E-state index in [0.717, 1.165) is 36.6 Å². The molecule has 2 unspecified atom stereocenters. The van der Waals surface area contributed by atoms with E-state index in [2.05, 4.69) is 31.4 Å². The van der Waals surface area contributed by atoms with E-state index in [1.165, 1.54) is 6.42 Å². The summed E-state index contributed by atoms with van der Waals surface area (Å²) in [4.78, 5) is 23.8. The van der Waals surface area contributed by atoms with Crippen LogP contribution in [0.3, 0.4) is 0 Å². The van der Waals surface area contributed by atoms with Crippen molar-refractivity contribution in [3.8, 4) is 0 Å². The van der Waals surface area contributed by atoms with Gasteiger partial charge in [-0.25, -0.2) is 0 Å². The second kappa shape index (κ2) is 7.83. The average molecular weight is 526 g/mol. The van der Waals surface area contributed by atoms with Crippen LogP contribution in [0.1, 0.15) is 50.6 Å². The minimum atomic E-state index is -0.506. The van der Waals surface area contributed by atoms with E-state index in [-0.39, 0.29) is 27.7 Å². The molecule has 2 atom stereocenters. The standard InChI is InChI=1S/C21H26BrClN6O3/c1-13-18(23)19(29(31)32)26-28(13)21-7-14-4-15(8-21)6-20(5-14,12-21)9-17(30)24-2-3-27-11-16(22)10-25-27/h10-11,14-15H,2-9,12H2,1H3,(H,24,30). The SMILES string of the molecule is Cc1c(Cl)c([N+](=O)[O-])nn1C12CC3CC(CC(CC(=O)NCCn4cc(Br)cn4)(C3)C1)C2. The molecule has 4 aliphatic carbocycles. The Bertz CT molecular complexity index is 1070. The smallest absolute Gasteiger partial charge is 0.358 e. The van der Waals surface area contributed by atoms with Crippen LogP contribution in [-0.4, -0.2) is 36.9 Å². The lowest BCUT2D eigenvalue weighted by Gasteiger charge is -2.61. The molecule has 6 rings (SSSR count). The third-order valence-corrected chi connectivity index (χ3v) is 8.45. The van der Waals surface area contributed by atoms with Crippen molar-refractivity contribution in [2.24, 2.45) is 17.3 Å². The van der Waals surface area contributed by atoms with Crippen LogP contribution in [0.4, 0.5) is 5.82 Å². The van der Waals surface area contributed by atoms with Gasteiger partial charge in [-0.2, -0.15) is 9.78 Å². The largest absolute Gasteiger partial charge is 0.408 e. The maximum atomic E-state index is 12.9. The number of rotatable bonds is 7. The first-order valence-electron chi connectivity index (χ1n) is 11.0. The number of carbonyl (C=O) groups excluding carboxylic acids is 1. The minimum Gasteiger partial charge on any atom is -0.358 e. The van der Waals surface area contributed by atoms with Crippen LogP contribution in [0.5, 0.6) is 0 Å². The Morgan fingerprint density at radius 3 is 2.69 bits per heavy atom. The van der Waals surface area contributed by atoms with Crippen LogP contribution in [0, 0.1) is 34.3 Å². The van der Waals surface area contributed by atoms with Crippen molar-refractivity contribution in [2.75, 3.05) is 6.54 Å². The first-order valence-corrected chi connectivity index (χ1v) is 12.2. The molecular weight excluding hydrogens is 500 g/mol. The van der Waals surface area contributed by atoms with Crippen molar-refractivity contribution < 1.29 is 9.72 Å². The molecule has 2 heterocycles. The van der Waals surface area contributed by atoms with E-state index in [9.17, 15) is 14.9 Å². The third kappa shape index (κ3) is 3.75. The number of hydrogen-bond acceptors (Lipinski definition) is 5. The molecule has 0 radical (unpaired) electrons. The second-order valence-corrected chi connectivity index (χ2v) is 11.3. The van der Waals surface area contributed by atoms with Crippen LogP contribution >= 0.6 is 27.5 Å². The molecule has 0 spiro atoms. The monoisotopic (exact) mass is 524 g/mol. The van der Waals surface area contributed by atoms with Gasteiger partial charge in [0, 0.05) is 19.2 Å². The Labute approximate surface area is 199 Å². The number of aromatic nitrogens is 4. The molecule has 32 heavy (non-hydrogen) atoms. The van der Waals surface area contributed by atoms with Gasteiger partial charge in [0.1, 0.15) is 0 Å². The highest BCUT2D eigenvalue weighted by Crippen LogP contribution is 2.65. The Kier molecular flexibility index (Phi) is 5.35. The Morgan fingerprint density at radius 2 is 2.09 bits per heavy atom. The zero-order chi connectivity index (χ0) is 22.7. The third-order valence-electron chi connectivity index (χ3n) is 7.60. The number of nitro groups is 1. The van der Waals surface area contributed by atoms with Crippen LogP contribution in [0.2, 0.25) is 5.02 Å². The van der Waals surface area contributed by atoms with Gasteiger partial charge in [-0.15, -0.1) is 0 Å². The van der Waals surface area contributed by atoms with Gasteiger partial charge in [-0.1, -0.05) is 11.6 Å². The Hall–Kier alpha value is -1.94. The van der Waals surface area contributed by atoms with E-state index >= 15 is 0 Å². The molecule has 1 amide bonds. The highest BCUT2D eigenvalue weighted by atomic mass is 79.9. The highest BCUT2D eigenvalue weighted by Gasteiger charge is 2.60. The Morgan fingerprint density at radius 1 is 1.38 bits per heavy atom. The van der Waals surface area contributed by atoms with Gasteiger partial charge >= 0.3 is 5.82 Å². The summed E-state index contributed by atoms with van der Waals surface area (Å²) in [6, 6.07) is 0. The minimum absolute atomic E-state index is 0.0644. The number of halogens is 2. The van der Waals surface area contributed by atoms with E-state index in [1.54, 1.807) is 10.9 Å². The molecule has 4 bridgehead atoms. The first-order chi connectivity index (χ1) is 15.2. The van der Waals surface area contributed by atoms with Crippen LogP contribution in [0.25, 0.3) is 0 Å². The molecule has 0 aliphatic heterocycles. The van der Waals surface area contributed by atoms with Crippen molar-refractivity contribution in [1.29, 1.82) is 0 Å². The fraction of sp³-hybridized carbons (Fsp3) is 0.667. The summed E-state index contributed by atoms with van der Waals surface area (Å²) in [7, 11) is 0. The molecule has 4 saturated carbocycles. The van der Waals surface area contributed by atoms with Crippen molar-refractivity contribution in [3.63, 3.8) is 0 Å². The van der Waals surface area contributed by atoms with Gasteiger partial charge in [0.2, 0.25) is 5.91 Å². The maximum Gasteiger partial charge on any atom is 0.408 e. The molecule has 1 N–H and O–H groups in total. The lowest BCUT2D eigenvalue weighted by Crippen LogP contribution is -2.58. The van der Waals surface area contributed by atoms with Gasteiger partial charge in [0.05, 0.1) is 33.5 Å². The fourth-order valence-electron chi connectivity index (χ4n) is 7.08. The van der Waals surface area contributed by atoms with Crippen molar-refractivity contribution in [3.05, 3.63) is 37.7 Å².